The molecule has 0 unspecified atom stereocenters. The number of aromatic nitrogens is 1. The number of nitrogens with zero attached hydrogens (tertiary/aromatic N) is 1. The molecule has 1 aromatic heterocycles. The highest BCUT2D eigenvalue weighted by Gasteiger charge is 2.27. The fourth-order valence-electron chi connectivity index (χ4n) is 1.72. The van der Waals surface area contributed by atoms with Crippen LogP contribution in [0.2, 0.25) is 0 Å². The number of alkyl halides is 2. The van der Waals surface area contributed by atoms with Gasteiger partial charge in [0.25, 0.3) is 5.92 Å². The van der Waals surface area contributed by atoms with E-state index >= 15 is 0 Å². The van der Waals surface area contributed by atoms with Crippen molar-refractivity contribution in [3.8, 4) is 0 Å². The molecule has 20 heavy (non-hydrogen) atoms. The molecule has 2 rings (SSSR count). The van der Waals surface area contributed by atoms with E-state index in [0.717, 1.165) is 0 Å². The van der Waals surface area contributed by atoms with Crippen molar-refractivity contribution in [1.82, 2.24) is 4.98 Å². The number of nitrogens with one attached hydrogen (secondary N) is 1. The molecule has 0 saturated heterocycles. The molecule has 7 heteroatoms. The maximum atomic E-state index is 12.9. The van der Waals surface area contributed by atoms with Crippen LogP contribution < -0.4 is 5.32 Å². The maximum Gasteiger partial charge on any atom is 0.336 e. The molecule has 1 heterocycles. The average Bonchev–Trinajstić information content (AvgIpc) is 2.44. The van der Waals surface area contributed by atoms with Crippen LogP contribution in [0, 0.1) is 0 Å². The van der Waals surface area contributed by atoms with E-state index in [1.807, 2.05) is 0 Å². The van der Waals surface area contributed by atoms with Crippen molar-refractivity contribution < 1.29 is 23.8 Å². The van der Waals surface area contributed by atoms with Crippen LogP contribution in [0.15, 0.2) is 30.3 Å². The van der Waals surface area contributed by atoms with Crippen molar-refractivity contribution in [3.05, 3.63) is 35.9 Å². The average molecular weight is 282 g/mol. The topological polar surface area (TPSA) is 82.5 Å². The predicted octanol–water partition coefficient (Wildman–Crippen LogP) is 1.97. The number of carboxylic acids is 1. The van der Waals surface area contributed by atoms with Gasteiger partial charge in [-0.15, -0.1) is 0 Å². The summed E-state index contributed by atoms with van der Waals surface area (Å²) >= 11 is 0. The Morgan fingerprint density at radius 3 is 2.70 bits per heavy atom. The van der Waals surface area contributed by atoms with Crippen molar-refractivity contribution in [2.75, 3.05) is 18.5 Å². The van der Waals surface area contributed by atoms with E-state index in [9.17, 15) is 13.6 Å². The van der Waals surface area contributed by atoms with Gasteiger partial charge in [-0.25, -0.2) is 18.6 Å². The van der Waals surface area contributed by atoms with Crippen molar-refractivity contribution >= 4 is 22.7 Å². The van der Waals surface area contributed by atoms with E-state index in [4.69, 9.17) is 10.2 Å². The lowest BCUT2D eigenvalue weighted by Crippen LogP contribution is -2.31. The first-order valence-corrected chi connectivity index (χ1v) is 5.78. The lowest BCUT2D eigenvalue weighted by molar-refractivity contribution is -0.0373. The van der Waals surface area contributed by atoms with Crippen molar-refractivity contribution in [1.29, 1.82) is 0 Å². The van der Waals surface area contributed by atoms with Gasteiger partial charge in [0.15, 0.2) is 0 Å². The lowest BCUT2D eigenvalue weighted by atomic mass is 10.1. The van der Waals surface area contributed by atoms with E-state index < -0.39 is 25.0 Å². The van der Waals surface area contributed by atoms with Crippen LogP contribution in [0.25, 0.3) is 10.9 Å². The highest BCUT2D eigenvalue weighted by Crippen LogP contribution is 2.20. The minimum absolute atomic E-state index is 0.0993. The minimum atomic E-state index is -3.24. The number of fused-ring (bicyclic) bond motifs is 1. The molecule has 2 aromatic rings. The summed E-state index contributed by atoms with van der Waals surface area (Å²) in [7, 11) is 0. The summed E-state index contributed by atoms with van der Waals surface area (Å²) in [5, 5.41) is 20.3. The Bertz CT molecular complexity index is 647. The number of carbonyl (C=O) groups is 1. The number of anilines is 1. The standard InChI is InChI=1S/C13H12F2N2O3/c14-13(15,7-18)6-16-11-5-4-8-9(12(19)20)2-1-3-10(8)17-11/h1-5,18H,6-7H2,(H,16,17)(H,19,20). The molecule has 0 fully saturated rings. The number of hydrogen-bond donors (Lipinski definition) is 3. The molecule has 0 aliphatic heterocycles. The van der Waals surface area contributed by atoms with Gasteiger partial charge >= 0.3 is 5.97 Å². The largest absolute Gasteiger partial charge is 0.478 e. The van der Waals surface area contributed by atoms with Crippen molar-refractivity contribution in [2.24, 2.45) is 0 Å². The van der Waals surface area contributed by atoms with E-state index in [1.165, 1.54) is 24.3 Å². The molecule has 0 aliphatic rings. The van der Waals surface area contributed by atoms with Gasteiger partial charge in [0.1, 0.15) is 12.4 Å². The van der Waals surface area contributed by atoms with Crippen LogP contribution in [-0.2, 0) is 0 Å². The maximum absolute atomic E-state index is 12.9. The van der Waals surface area contributed by atoms with E-state index in [-0.39, 0.29) is 11.4 Å². The molecule has 3 N–H and O–H groups in total. The number of aromatic carboxylic acids is 1. The van der Waals surface area contributed by atoms with Gasteiger partial charge in [0.2, 0.25) is 0 Å². The molecule has 5 nitrogen and oxygen atoms in total. The SMILES string of the molecule is O=C(O)c1cccc2nc(NCC(F)(F)CO)ccc12. The van der Waals surface area contributed by atoms with Crippen molar-refractivity contribution in [3.63, 3.8) is 0 Å². The number of rotatable bonds is 5. The Kier molecular flexibility index (Phi) is 3.80. The number of aliphatic hydroxyl groups excluding tert-OH is 1. The number of pyridine rings is 1. The Morgan fingerprint density at radius 2 is 2.05 bits per heavy atom. The molecule has 0 aliphatic carbocycles. The van der Waals surface area contributed by atoms with Gasteiger partial charge < -0.3 is 15.5 Å². The highest BCUT2D eigenvalue weighted by molar-refractivity contribution is 6.02. The zero-order valence-electron chi connectivity index (χ0n) is 10.3. The van der Waals surface area contributed by atoms with Gasteiger partial charge in [-0.1, -0.05) is 6.07 Å². The second-order valence-corrected chi connectivity index (χ2v) is 4.24. The molecule has 0 spiro atoms. The van der Waals surface area contributed by atoms with Crippen LogP contribution in [-0.4, -0.2) is 40.2 Å². The molecule has 0 atom stereocenters. The van der Waals surface area contributed by atoms with Crippen LogP contribution in [0.4, 0.5) is 14.6 Å². The molecule has 106 valence electrons. The molecule has 0 radical (unpaired) electrons. The second-order valence-electron chi connectivity index (χ2n) is 4.24. The number of carboxylic acid groups (broad SMARTS) is 1. The quantitative estimate of drug-likeness (QED) is 0.781. The zero-order valence-corrected chi connectivity index (χ0v) is 10.3. The molecule has 0 amide bonds. The van der Waals surface area contributed by atoms with Gasteiger partial charge in [-0.3, -0.25) is 0 Å². The summed E-state index contributed by atoms with van der Waals surface area (Å²) in [6.45, 7) is -2.00. The van der Waals surface area contributed by atoms with E-state index in [1.54, 1.807) is 6.07 Å². The van der Waals surface area contributed by atoms with E-state index in [0.29, 0.717) is 10.9 Å². The lowest BCUT2D eigenvalue weighted by Gasteiger charge is -2.14. The highest BCUT2D eigenvalue weighted by atomic mass is 19.3. The Hall–Kier alpha value is -2.28. The smallest absolute Gasteiger partial charge is 0.336 e. The van der Waals surface area contributed by atoms with Crippen LogP contribution in [0.3, 0.4) is 0 Å². The summed E-state index contributed by atoms with van der Waals surface area (Å²) in [5.74, 6) is -4.13. The molecule has 0 bridgehead atoms. The minimum Gasteiger partial charge on any atom is -0.478 e. The monoisotopic (exact) mass is 282 g/mol. The first-order chi connectivity index (χ1) is 9.43. The normalized spacial score (nSPS) is 11.6. The number of hydrogen-bond acceptors (Lipinski definition) is 4. The van der Waals surface area contributed by atoms with Gasteiger partial charge in [-0.2, -0.15) is 0 Å². The number of benzene rings is 1. The Labute approximate surface area is 112 Å². The summed E-state index contributed by atoms with van der Waals surface area (Å²) in [4.78, 5) is 15.1. The van der Waals surface area contributed by atoms with Gasteiger partial charge in [0, 0.05) is 5.39 Å². The predicted molar refractivity (Wildman–Crippen MR) is 69.2 cm³/mol. The molecule has 1 aromatic carbocycles. The fourth-order valence-corrected chi connectivity index (χ4v) is 1.72. The Balaban J connectivity index is 2.29. The Morgan fingerprint density at radius 1 is 1.30 bits per heavy atom. The third kappa shape index (κ3) is 3.00. The molecular weight excluding hydrogens is 270 g/mol. The third-order valence-corrected chi connectivity index (χ3v) is 2.72. The first-order valence-electron chi connectivity index (χ1n) is 5.78. The summed E-state index contributed by atoms with van der Waals surface area (Å²) < 4.78 is 25.8. The summed E-state index contributed by atoms with van der Waals surface area (Å²) in [6.07, 6.45) is 0. The van der Waals surface area contributed by atoms with Gasteiger partial charge in [-0.05, 0) is 24.3 Å². The van der Waals surface area contributed by atoms with E-state index in [2.05, 4.69) is 10.3 Å². The number of halogens is 2. The fraction of sp³-hybridized carbons (Fsp3) is 0.231. The summed E-state index contributed by atoms with van der Waals surface area (Å²) in [6, 6.07) is 7.49. The van der Waals surface area contributed by atoms with Gasteiger partial charge in [0.05, 0.1) is 17.6 Å². The van der Waals surface area contributed by atoms with Crippen LogP contribution in [0.1, 0.15) is 10.4 Å². The molecular formula is C13H12F2N2O3. The second kappa shape index (κ2) is 5.38. The third-order valence-electron chi connectivity index (χ3n) is 2.72. The van der Waals surface area contributed by atoms with Crippen LogP contribution >= 0.6 is 0 Å². The summed E-state index contributed by atoms with van der Waals surface area (Å²) in [5.41, 5.74) is 0.490. The van der Waals surface area contributed by atoms with Crippen molar-refractivity contribution in [2.45, 2.75) is 5.92 Å². The molecule has 0 saturated carbocycles. The number of aliphatic hydroxyl groups is 1. The zero-order chi connectivity index (χ0) is 14.8. The first kappa shape index (κ1) is 14.1. The van der Waals surface area contributed by atoms with Crippen LogP contribution in [0.5, 0.6) is 0 Å².